The lowest BCUT2D eigenvalue weighted by atomic mass is 10.1. The summed E-state index contributed by atoms with van der Waals surface area (Å²) in [6.07, 6.45) is 4.05. The Morgan fingerprint density at radius 1 is 1.22 bits per heavy atom. The number of hydrogen-bond acceptors (Lipinski definition) is 3. The number of anilines is 1. The van der Waals surface area contributed by atoms with Gasteiger partial charge in [-0.1, -0.05) is 18.2 Å². The van der Waals surface area contributed by atoms with Gasteiger partial charge in [0.15, 0.2) is 0 Å². The highest BCUT2D eigenvalue weighted by Crippen LogP contribution is 2.32. The second-order valence-electron chi connectivity index (χ2n) is 5.57. The van der Waals surface area contributed by atoms with Crippen molar-refractivity contribution in [3.05, 3.63) is 75.8 Å². The summed E-state index contributed by atoms with van der Waals surface area (Å²) < 4.78 is 0. The fourth-order valence-electron chi connectivity index (χ4n) is 2.86. The van der Waals surface area contributed by atoms with Crippen molar-refractivity contribution < 1.29 is 9.72 Å². The first kappa shape index (κ1) is 15.0. The second kappa shape index (κ2) is 6.04. The van der Waals surface area contributed by atoms with E-state index in [1.54, 1.807) is 23.1 Å². The number of amides is 1. The Balaban J connectivity index is 1.78. The van der Waals surface area contributed by atoms with Gasteiger partial charge in [0.25, 0.3) is 11.6 Å². The van der Waals surface area contributed by atoms with E-state index in [1.165, 1.54) is 23.8 Å². The van der Waals surface area contributed by atoms with Crippen molar-refractivity contribution in [1.29, 1.82) is 0 Å². The molecule has 1 amide bonds. The van der Waals surface area contributed by atoms with E-state index < -0.39 is 4.92 Å². The van der Waals surface area contributed by atoms with Gasteiger partial charge in [0.1, 0.15) is 0 Å². The first-order valence-electron chi connectivity index (χ1n) is 7.40. The molecule has 3 rings (SSSR count). The molecule has 0 fully saturated rings. The van der Waals surface area contributed by atoms with Crippen LogP contribution in [0.5, 0.6) is 0 Å². The van der Waals surface area contributed by atoms with Crippen LogP contribution in [0.2, 0.25) is 0 Å². The molecule has 0 saturated carbocycles. The molecule has 0 aromatic heterocycles. The average molecular weight is 308 g/mol. The average Bonchev–Trinajstić information content (AvgIpc) is 2.88. The highest BCUT2D eigenvalue weighted by atomic mass is 16.6. The summed E-state index contributed by atoms with van der Waals surface area (Å²) in [7, 11) is 0. The first-order chi connectivity index (χ1) is 11.1. The number of carbonyl (C=O) groups excluding carboxylic acids is 1. The molecular formula is C18H16N2O3. The minimum atomic E-state index is -0.443. The van der Waals surface area contributed by atoms with Crippen LogP contribution in [0, 0.1) is 10.1 Å². The summed E-state index contributed by atoms with van der Waals surface area (Å²) in [5, 5.41) is 10.6. The molecule has 0 spiro atoms. The molecule has 0 unspecified atom stereocenters. The maximum Gasteiger partial charge on any atom is 0.269 e. The molecule has 2 aromatic rings. The van der Waals surface area contributed by atoms with Gasteiger partial charge in [0, 0.05) is 29.9 Å². The van der Waals surface area contributed by atoms with Crippen molar-refractivity contribution >= 4 is 23.4 Å². The number of nitro groups is 1. The number of nitrogens with zero attached hydrogens (tertiary/aromatic N) is 2. The fraction of sp³-hybridized carbons (Fsp3) is 0.167. The Morgan fingerprint density at radius 3 is 2.61 bits per heavy atom. The lowest BCUT2D eigenvalue weighted by Crippen LogP contribution is -2.34. The summed E-state index contributed by atoms with van der Waals surface area (Å²) >= 11 is 0. The summed E-state index contributed by atoms with van der Waals surface area (Å²) in [5.74, 6) is -0.0826. The van der Waals surface area contributed by atoms with Gasteiger partial charge in [-0.05, 0) is 48.7 Å². The first-order valence-corrected chi connectivity index (χ1v) is 7.40. The zero-order valence-corrected chi connectivity index (χ0v) is 12.7. The molecule has 1 atom stereocenters. The molecule has 1 aliphatic rings. The van der Waals surface area contributed by atoms with Crippen LogP contribution in [-0.2, 0) is 11.2 Å². The largest absolute Gasteiger partial charge is 0.305 e. The molecular weight excluding hydrogens is 292 g/mol. The number of rotatable bonds is 3. The van der Waals surface area contributed by atoms with Crippen LogP contribution < -0.4 is 4.90 Å². The van der Waals surface area contributed by atoms with E-state index >= 15 is 0 Å². The van der Waals surface area contributed by atoms with Crippen molar-refractivity contribution in [2.45, 2.75) is 19.4 Å². The van der Waals surface area contributed by atoms with Crippen LogP contribution in [0.3, 0.4) is 0 Å². The van der Waals surface area contributed by atoms with E-state index in [4.69, 9.17) is 0 Å². The van der Waals surface area contributed by atoms with Crippen LogP contribution in [0.15, 0.2) is 54.6 Å². The van der Waals surface area contributed by atoms with Crippen LogP contribution in [0.1, 0.15) is 18.1 Å². The van der Waals surface area contributed by atoms with Gasteiger partial charge in [-0.15, -0.1) is 0 Å². The van der Waals surface area contributed by atoms with Crippen molar-refractivity contribution in [3.63, 3.8) is 0 Å². The van der Waals surface area contributed by atoms with Crippen LogP contribution >= 0.6 is 0 Å². The van der Waals surface area contributed by atoms with Gasteiger partial charge in [0.2, 0.25) is 0 Å². The highest BCUT2D eigenvalue weighted by molar-refractivity contribution is 6.05. The predicted octanol–water partition coefficient (Wildman–Crippen LogP) is 3.59. The zero-order chi connectivity index (χ0) is 16.4. The molecule has 1 aliphatic heterocycles. The Labute approximate surface area is 134 Å². The Bertz CT molecular complexity index is 781. The van der Waals surface area contributed by atoms with Gasteiger partial charge < -0.3 is 4.90 Å². The molecule has 0 saturated heterocycles. The smallest absolute Gasteiger partial charge is 0.269 e. The van der Waals surface area contributed by atoms with Crippen LogP contribution in [0.25, 0.3) is 6.08 Å². The number of carbonyl (C=O) groups is 1. The van der Waals surface area contributed by atoms with Crippen molar-refractivity contribution in [2.75, 3.05) is 4.90 Å². The zero-order valence-electron chi connectivity index (χ0n) is 12.7. The Hall–Kier alpha value is -2.95. The van der Waals surface area contributed by atoms with E-state index in [0.29, 0.717) is 0 Å². The minimum absolute atomic E-state index is 0.0376. The molecule has 0 aliphatic carbocycles. The summed E-state index contributed by atoms with van der Waals surface area (Å²) in [4.78, 5) is 24.5. The molecule has 5 heteroatoms. The molecule has 116 valence electrons. The van der Waals surface area contributed by atoms with Crippen molar-refractivity contribution in [3.8, 4) is 0 Å². The summed E-state index contributed by atoms with van der Waals surface area (Å²) in [5.41, 5.74) is 2.93. The van der Waals surface area contributed by atoms with Gasteiger partial charge in [-0.25, -0.2) is 0 Å². The molecule has 0 N–H and O–H groups in total. The van der Waals surface area contributed by atoms with Crippen molar-refractivity contribution in [2.24, 2.45) is 0 Å². The standard InChI is InChI=1S/C18H16N2O3/c1-13-12-15-4-2-3-5-17(15)19(13)18(21)11-8-14-6-9-16(10-7-14)20(22)23/h2-11,13H,12H2,1H3/b11-8+/t13-/m0/s1. The van der Waals surface area contributed by atoms with E-state index in [9.17, 15) is 14.9 Å². The molecule has 0 bridgehead atoms. The quantitative estimate of drug-likeness (QED) is 0.494. The molecule has 2 aromatic carbocycles. The van der Waals surface area contributed by atoms with E-state index in [0.717, 1.165) is 17.7 Å². The maximum absolute atomic E-state index is 12.5. The SMILES string of the molecule is C[C@H]1Cc2ccccc2N1C(=O)/C=C/c1ccc([N+](=O)[O-])cc1. The number of nitro benzene ring substituents is 1. The van der Waals surface area contributed by atoms with Crippen molar-refractivity contribution in [1.82, 2.24) is 0 Å². The van der Waals surface area contributed by atoms with Gasteiger partial charge >= 0.3 is 0 Å². The van der Waals surface area contributed by atoms with Gasteiger partial charge in [-0.2, -0.15) is 0 Å². The third kappa shape index (κ3) is 2.99. The van der Waals surface area contributed by atoms with Gasteiger partial charge in [-0.3, -0.25) is 14.9 Å². The van der Waals surface area contributed by atoms with E-state index in [2.05, 4.69) is 0 Å². The number of fused-ring (bicyclic) bond motifs is 1. The lowest BCUT2D eigenvalue weighted by Gasteiger charge is -2.20. The summed E-state index contributed by atoms with van der Waals surface area (Å²) in [6.45, 7) is 2.03. The third-order valence-corrected chi connectivity index (χ3v) is 3.97. The number of para-hydroxylation sites is 1. The predicted molar refractivity (Wildman–Crippen MR) is 89.2 cm³/mol. The lowest BCUT2D eigenvalue weighted by molar-refractivity contribution is -0.384. The fourth-order valence-corrected chi connectivity index (χ4v) is 2.86. The van der Waals surface area contributed by atoms with Gasteiger partial charge in [0.05, 0.1) is 4.92 Å². The second-order valence-corrected chi connectivity index (χ2v) is 5.57. The third-order valence-electron chi connectivity index (χ3n) is 3.97. The molecule has 5 nitrogen and oxygen atoms in total. The normalized spacial score (nSPS) is 16.6. The van der Waals surface area contributed by atoms with E-state index in [-0.39, 0.29) is 17.6 Å². The Kier molecular flexibility index (Phi) is 3.93. The topological polar surface area (TPSA) is 63.5 Å². The van der Waals surface area contributed by atoms with Crippen LogP contribution in [-0.4, -0.2) is 16.9 Å². The molecule has 23 heavy (non-hydrogen) atoms. The van der Waals surface area contributed by atoms with E-state index in [1.807, 2.05) is 31.2 Å². The number of non-ortho nitro benzene ring substituents is 1. The van der Waals surface area contributed by atoms with Crippen LogP contribution in [0.4, 0.5) is 11.4 Å². The maximum atomic E-state index is 12.5. The number of hydrogen-bond donors (Lipinski definition) is 0. The summed E-state index contributed by atoms with van der Waals surface area (Å²) in [6, 6.07) is 14.1. The molecule has 1 heterocycles. The monoisotopic (exact) mass is 308 g/mol. The molecule has 0 radical (unpaired) electrons. The highest BCUT2D eigenvalue weighted by Gasteiger charge is 2.29. The Morgan fingerprint density at radius 2 is 1.91 bits per heavy atom. The minimum Gasteiger partial charge on any atom is -0.305 e. The number of benzene rings is 2.